The molecule has 2 rings (SSSR count). The Balaban J connectivity index is 2.49. The highest BCUT2D eigenvalue weighted by atomic mass is 16.6. The summed E-state index contributed by atoms with van der Waals surface area (Å²) in [5.74, 6) is 0. The van der Waals surface area contributed by atoms with Crippen molar-refractivity contribution in [1.29, 1.82) is 0 Å². The van der Waals surface area contributed by atoms with E-state index in [4.69, 9.17) is 0 Å². The second kappa shape index (κ2) is 5.31. The van der Waals surface area contributed by atoms with Gasteiger partial charge in [0, 0.05) is 18.3 Å². The maximum Gasteiger partial charge on any atom is 0.292 e. The van der Waals surface area contributed by atoms with Gasteiger partial charge in [-0.1, -0.05) is 30.3 Å². The van der Waals surface area contributed by atoms with E-state index in [-0.39, 0.29) is 10.6 Å². The fourth-order valence-electron chi connectivity index (χ4n) is 1.95. The third-order valence-corrected chi connectivity index (χ3v) is 2.75. The molecule has 4 nitrogen and oxygen atoms in total. The van der Waals surface area contributed by atoms with E-state index in [1.807, 2.05) is 48.2 Å². The number of anilines is 2. The summed E-state index contributed by atoms with van der Waals surface area (Å²) in [5.41, 5.74) is 1.70. The van der Waals surface area contributed by atoms with E-state index in [1.165, 1.54) is 6.07 Å². The lowest BCUT2D eigenvalue weighted by atomic mass is 10.2. The molecule has 2 aromatic rings. The van der Waals surface area contributed by atoms with Crippen molar-refractivity contribution in [3.63, 3.8) is 0 Å². The molecule has 4 heteroatoms. The SMILES string of the molecule is CCN(c1ccccc1)c1ccccc1[N+](=O)[O-]. The fraction of sp³-hybridized carbons (Fsp3) is 0.143. The van der Waals surface area contributed by atoms with Crippen molar-refractivity contribution in [2.24, 2.45) is 0 Å². The number of hydrogen-bond acceptors (Lipinski definition) is 3. The van der Waals surface area contributed by atoms with E-state index in [9.17, 15) is 10.1 Å². The molecule has 0 saturated carbocycles. The van der Waals surface area contributed by atoms with Crippen LogP contribution in [0.3, 0.4) is 0 Å². The quantitative estimate of drug-likeness (QED) is 0.606. The zero-order valence-electron chi connectivity index (χ0n) is 10.1. The molecule has 0 unspecified atom stereocenters. The summed E-state index contributed by atoms with van der Waals surface area (Å²) >= 11 is 0. The number of hydrogen-bond donors (Lipinski definition) is 0. The second-order valence-electron chi connectivity index (χ2n) is 3.83. The van der Waals surface area contributed by atoms with Gasteiger partial charge < -0.3 is 4.90 Å². The Bertz CT molecular complexity index is 541. The summed E-state index contributed by atoms with van der Waals surface area (Å²) in [6.07, 6.45) is 0. The topological polar surface area (TPSA) is 46.4 Å². The number of rotatable bonds is 4. The Morgan fingerprint density at radius 2 is 1.67 bits per heavy atom. The molecule has 0 saturated heterocycles. The van der Waals surface area contributed by atoms with Gasteiger partial charge in [-0.25, -0.2) is 0 Å². The standard InChI is InChI=1S/C14H14N2O2/c1-2-15(12-8-4-3-5-9-12)13-10-6-7-11-14(13)16(17)18/h3-11H,2H2,1H3. The van der Waals surface area contributed by atoms with Gasteiger partial charge in [0.2, 0.25) is 0 Å². The zero-order chi connectivity index (χ0) is 13.0. The van der Waals surface area contributed by atoms with Crippen molar-refractivity contribution in [3.8, 4) is 0 Å². The van der Waals surface area contributed by atoms with Crippen LogP contribution in [0.4, 0.5) is 17.1 Å². The molecule has 0 N–H and O–H groups in total. The minimum Gasteiger partial charge on any atom is -0.336 e. The van der Waals surface area contributed by atoms with E-state index in [0.29, 0.717) is 12.2 Å². The van der Waals surface area contributed by atoms with E-state index >= 15 is 0 Å². The van der Waals surface area contributed by atoms with Gasteiger partial charge in [0.05, 0.1) is 4.92 Å². The molecule has 0 aliphatic rings. The normalized spacial score (nSPS) is 10.1. The van der Waals surface area contributed by atoms with Crippen LogP contribution in [0.1, 0.15) is 6.92 Å². The maximum absolute atomic E-state index is 11.1. The van der Waals surface area contributed by atoms with Gasteiger partial charge in [0.15, 0.2) is 0 Å². The van der Waals surface area contributed by atoms with Gasteiger partial charge in [-0.2, -0.15) is 0 Å². The molecular weight excluding hydrogens is 228 g/mol. The van der Waals surface area contributed by atoms with Gasteiger partial charge in [-0.15, -0.1) is 0 Å². The van der Waals surface area contributed by atoms with E-state index < -0.39 is 0 Å². The average Bonchev–Trinajstić information content (AvgIpc) is 2.41. The van der Waals surface area contributed by atoms with Crippen molar-refractivity contribution in [1.82, 2.24) is 0 Å². The first-order chi connectivity index (χ1) is 8.74. The van der Waals surface area contributed by atoms with Crippen LogP contribution in [0.25, 0.3) is 0 Å². The predicted molar refractivity (Wildman–Crippen MR) is 72.2 cm³/mol. The van der Waals surface area contributed by atoms with E-state index in [0.717, 1.165) is 5.69 Å². The minimum absolute atomic E-state index is 0.128. The Hall–Kier alpha value is -2.36. The largest absolute Gasteiger partial charge is 0.336 e. The monoisotopic (exact) mass is 242 g/mol. The van der Waals surface area contributed by atoms with Gasteiger partial charge in [-0.3, -0.25) is 10.1 Å². The van der Waals surface area contributed by atoms with Gasteiger partial charge in [0.25, 0.3) is 5.69 Å². The highest BCUT2D eigenvalue weighted by Crippen LogP contribution is 2.32. The van der Waals surface area contributed by atoms with Crippen LogP contribution < -0.4 is 4.90 Å². The molecule has 18 heavy (non-hydrogen) atoms. The number of nitrogens with zero attached hydrogens (tertiary/aromatic N) is 2. The van der Waals surface area contributed by atoms with Crippen LogP contribution in [0.2, 0.25) is 0 Å². The molecule has 0 spiro atoms. The van der Waals surface area contributed by atoms with E-state index in [2.05, 4.69) is 0 Å². The number of benzene rings is 2. The molecule has 2 aromatic carbocycles. The van der Waals surface area contributed by atoms with Crippen molar-refractivity contribution in [2.75, 3.05) is 11.4 Å². The lowest BCUT2D eigenvalue weighted by Crippen LogP contribution is -2.17. The van der Waals surface area contributed by atoms with Crippen molar-refractivity contribution in [2.45, 2.75) is 6.92 Å². The average molecular weight is 242 g/mol. The summed E-state index contributed by atoms with van der Waals surface area (Å²) in [7, 11) is 0. The number of para-hydroxylation sites is 3. The van der Waals surface area contributed by atoms with Gasteiger partial charge >= 0.3 is 0 Å². The molecule has 92 valence electrons. The van der Waals surface area contributed by atoms with Crippen molar-refractivity contribution >= 4 is 17.1 Å². The lowest BCUT2D eigenvalue weighted by molar-refractivity contribution is -0.384. The Labute approximate surface area is 106 Å². The van der Waals surface area contributed by atoms with Crippen LogP contribution in [0.15, 0.2) is 54.6 Å². The van der Waals surface area contributed by atoms with Crippen LogP contribution >= 0.6 is 0 Å². The Morgan fingerprint density at radius 3 is 2.28 bits per heavy atom. The van der Waals surface area contributed by atoms with Crippen LogP contribution in [0, 0.1) is 10.1 Å². The predicted octanol–water partition coefficient (Wildman–Crippen LogP) is 3.75. The summed E-state index contributed by atoms with van der Waals surface area (Å²) in [6, 6.07) is 16.5. The fourth-order valence-corrected chi connectivity index (χ4v) is 1.95. The van der Waals surface area contributed by atoms with Crippen LogP contribution in [-0.2, 0) is 0 Å². The van der Waals surface area contributed by atoms with Gasteiger partial charge in [0.1, 0.15) is 5.69 Å². The summed E-state index contributed by atoms with van der Waals surface area (Å²) in [4.78, 5) is 12.6. The molecular formula is C14H14N2O2. The first-order valence-electron chi connectivity index (χ1n) is 5.80. The molecule has 0 radical (unpaired) electrons. The summed E-state index contributed by atoms with van der Waals surface area (Å²) < 4.78 is 0. The Morgan fingerprint density at radius 1 is 1.06 bits per heavy atom. The van der Waals surface area contributed by atoms with Crippen LogP contribution in [0.5, 0.6) is 0 Å². The van der Waals surface area contributed by atoms with E-state index in [1.54, 1.807) is 12.1 Å². The molecule has 0 bridgehead atoms. The molecule has 0 aromatic heterocycles. The summed E-state index contributed by atoms with van der Waals surface area (Å²) in [5, 5.41) is 11.1. The molecule has 0 aliphatic heterocycles. The second-order valence-corrected chi connectivity index (χ2v) is 3.83. The minimum atomic E-state index is -0.346. The van der Waals surface area contributed by atoms with Crippen LogP contribution in [-0.4, -0.2) is 11.5 Å². The lowest BCUT2D eigenvalue weighted by Gasteiger charge is -2.22. The number of nitro groups is 1. The molecule has 0 atom stereocenters. The highest BCUT2D eigenvalue weighted by molar-refractivity contribution is 5.71. The zero-order valence-corrected chi connectivity index (χ0v) is 10.1. The highest BCUT2D eigenvalue weighted by Gasteiger charge is 2.18. The molecule has 0 heterocycles. The first-order valence-corrected chi connectivity index (χ1v) is 5.80. The third-order valence-electron chi connectivity index (χ3n) is 2.75. The third kappa shape index (κ3) is 2.32. The first kappa shape index (κ1) is 12.1. The van der Waals surface area contributed by atoms with Gasteiger partial charge in [-0.05, 0) is 25.1 Å². The molecule has 0 amide bonds. The molecule has 0 aliphatic carbocycles. The number of nitro benzene ring substituents is 1. The van der Waals surface area contributed by atoms with Crippen molar-refractivity contribution < 1.29 is 4.92 Å². The van der Waals surface area contributed by atoms with Crippen molar-refractivity contribution in [3.05, 3.63) is 64.7 Å². The molecule has 0 fully saturated rings. The summed E-state index contributed by atoms with van der Waals surface area (Å²) in [6.45, 7) is 2.65. The Kier molecular flexibility index (Phi) is 3.57. The smallest absolute Gasteiger partial charge is 0.292 e. The maximum atomic E-state index is 11.1.